The molecule has 2 aliphatic rings. The van der Waals surface area contributed by atoms with Crippen LogP contribution in [0.25, 0.3) is 5.57 Å². The van der Waals surface area contributed by atoms with E-state index in [1.807, 2.05) is 62.4 Å². The lowest BCUT2D eigenvalue weighted by molar-refractivity contribution is -0.137. The summed E-state index contributed by atoms with van der Waals surface area (Å²) in [5, 5.41) is 3.21. The van der Waals surface area contributed by atoms with Gasteiger partial charge in [-0.1, -0.05) is 42.0 Å². The summed E-state index contributed by atoms with van der Waals surface area (Å²) in [6.45, 7) is 8.34. The van der Waals surface area contributed by atoms with E-state index in [4.69, 9.17) is 9.47 Å². The topological polar surface area (TPSA) is 71.1 Å². The monoisotopic (exact) mass is 435 g/mol. The zero-order chi connectivity index (χ0) is 22.5. The number of amides is 2. The van der Waals surface area contributed by atoms with Crippen LogP contribution >= 0.6 is 0 Å². The Morgan fingerprint density at radius 1 is 0.969 bits per heavy atom. The van der Waals surface area contributed by atoms with Crippen LogP contribution < -0.4 is 10.1 Å². The minimum absolute atomic E-state index is 0.275. The van der Waals surface area contributed by atoms with Gasteiger partial charge < -0.3 is 14.8 Å². The molecule has 1 N–H and O–H groups in total. The van der Waals surface area contributed by atoms with E-state index in [0.717, 1.165) is 24.2 Å². The quantitative estimate of drug-likeness (QED) is 0.643. The van der Waals surface area contributed by atoms with Crippen molar-refractivity contribution in [2.75, 3.05) is 51.3 Å². The van der Waals surface area contributed by atoms with Gasteiger partial charge in [-0.2, -0.15) is 0 Å². The number of imide groups is 1. The molecule has 2 heterocycles. The summed E-state index contributed by atoms with van der Waals surface area (Å²) in [6, 6.07) is 15.1. The van der Waals surface area contributed by atoms with Gasteiger partial charge in [0.15, 0.2) is 0 Å². The molecule has 1 saturated heterocycles. The number of nitrogens with zero attached hydrogens (tertiary/aromatic N) is 2. The highest BCUT2D eigenvalue weighted by Crippen LogP contribution is 2.33. The summed E-state index contributed by atoms with van der Waals surface area (Å²) in [5.74, 6) is 0.0476. The van der Waals surface area contributed by atoms with E-state index in [0.29, 0.717) is 49.9 Å². The highest BCUT2D eigenvalue weighted by Gasteiger charge is 2.39. The second-order valence-corrected chi connectivity index (χ2v) is 7.89. The first-order chi connectivity index (χ1) is 15.6. The second kappa shape index (κ2) is 9.97. The van der Waals surface area contributed by atoms with Gasteiger partial charge in [-0.25, -0.2) is 0 Å². The molecular weight excluding hydrogens is 406 g/mol. The minimum Gasteiger partial charge on any atom is -0.492 e. The molecule has 0 bridgehead atoms. The Bertz CT molecular complexity index is 1010. The molecule has 2 aromatic rings. The number of ether oxygens (including phenoxy) is 2. The Morgan fingerprint density at radius 2 is 1.69 bits per heavy atom. The molecule has 7 nitrogen and oxygen atoms in total. The Morgan fingerprint density at radius 3 is 2.41 bits per heavy atom. The van der Waals surface area contributed by atoms with E-state index in [1.54, 1.807) is 0 Å². The molecule has 2 aromatic carbocycles. The van der Waals surface area contributed by atoms with E-state index in [2.05, 4.69) is 10.2 Å². The third-order valence-corrected chi connectivity index (χ3v) is 5.70. The molecule has 0 saturated carbocycles. The van der Waals surface area contributed by atoms with Crippen LogP contribution in [0, 0.1) is 6.92 Å². The number of anilines is 1. The van der Waals surface area contributed by atoms with Gasteiger partial charge in [-0.3, -0.25) is 19.4 Å². The van der Waals surface area contributed by atoms with Gasteiger partial charge in [0.1, 0.15) is 11.4 Å². The summed E-state index contributed by atoms with van der Waals surface area (Å²) < 4.78 is 11.1. The van der Waals surface area contributed by atoms with Crippen LogP contribution in [0.1, 0.15) is 18.1 Å². The first kappa shape index (κ1) is 22.0. The number of aryl methyl sites for hydroxylation is 1. The number of hydrogen-bond acceptors (Lipinski definition) is 6. The van der Waals surface area contributed by atoms with Crippen molar-refractivity contribution in [1.29, 1.82) is 0 Å². The fraction of sp³-hybridized carbons (Fsp3) is 0.360. The zero-order valence-corrected chi connectivity index (χ0v) is 18.6. The fourth-order valence-electron chi connectivity index (χ4n) is 3.94. The molecule has 0 atom stereocenters. The number of morpholine rings is 1. The van der Waals surface area contributed by atoms with Crippen molar-refractivity contribution >= 4 is 23.1 Å². The van der Waals surface area contributed by atoms with E-state index in [-0.39, 0.29) is 17.5 Å². The van der Waals surface area contributed by atoms with Crippen molar-refractivity contribution in [3.63, 3.8) is 0 Å². The average Bonchev–Trinajstić information content (AvgIpc) is 3.04. The number of nitrogens with one attached hydrogen (secondary N) is 1. The number of rotatable bonds is 8. The molecule has 168 valence electrons. The molecule has 7 heteroatoms. The van der Waals surface area contributed by atoms with E-state index >= 15 is 0 Å². The molecule has 0 aliphatic carbocycles. The highest BCUT2D eigenvalue weighted by atomic mass is 16.5. The Kier molecular flexibility index (Phi) is 6.87. The summed E-state index contributed by atoms with van der Waals surface area (Å²) >= 11 is 0. The first-order valence-electron chi connectivity index (χ1n) is 11.0. The van der Waals surface area contributed by atoms with Crippen molar-refractivity contribution < 1.29 is 19.1 Å². The molecule has 0 radical (unpaired) electrons. The molecule has 2 amide bonds. The Hall–Kier alpha value is -3.16. The number of para-hydroxylation sites is 2. The second-order valence-electron chi connectivity index (χ2n) is 7.89. The van der Waals surface area contributed by atoms with Crippen molar-refractivity contribution in [2.24, 2.45) is 0 Å². The molecule has 0 aromatic heterocycles. The lowest BCUT2D eigenvalue weighted by Gasteiger charge is -2.28. The van der Waals surface area contributed by atoms with Gasteiger partial charge in [-0.05, 0) is 31.5 Å². The number of hydrogen-bond donors (Lipinski definition) is 1. The number of carbonyl (C=O) groups excluding carboxylic acids is 2. The summed E-state index contributed by atoms with van der Waals surface area (Å²) in [7, 11) is 0. The Labute approximate surface area is 188 Å². The normalized spacial score (nSPS) is 17.2. The predicted molar refractivity (Wildman–Crippen MR) is 123 cm³/mol. The maximum absolute atomic E-state index is 13.4. The maximum atomic E-state index is 13.4. The van der Waals surface area contributed by atoms with Crippen LogP contribution in [0.2, 0.25) is 0 Å². The van der Waals surface area contributed by atoms with Crippen molar-refractivity contribution in [3.05, 3.63) is 65.4 Å². The number of benzene rings is 2. The van der Waals surface area contributed by atoms with E-state index in [9.17, 15) is 9.59 Å². The Balaban J connectivity index is 1.64. The average molecular weight is 436 g/mol. The lowest BCUT2D eigenvalue weighted by Crippen LogP contribution is -2.43. The largest absolute Gasteiger partial charge is 0.492 e. The summed E-state index contributed by atoms with van der Waals surface area (Å²) in [6.07, 6.45) is 0. The smallest absolute Gasteiger partial charge is 0.278 e. The standard InChI is InChI=1S/C25H29N3O4/c1-3-32-21-7-5-4-6-20(21)26-23-22(19-10-8-18(2)9-11-19)24(29)28(25(23)30)13-12-27-14-16-31-17-15-27/h4-11,26H,3,12-17H2,1-2H3. The third kappa shape index (κ3) is 4.69. The zero-order valence-electron chi connectivity index (χ0n) is 18.6. The van der Waals surface area contributed by atoms with Crippen LogP contribution in [0.3, 0.4) is 0 Å². The van der Waals surface area contributed by atoms with Crippen LogP contribution in [0.15, 0.2) is 54.2 Å². The van der Waals surface area contributed by atoms with Gasteiger partial charge in [-0.15, -0.1) is 0 Å². The molecule has 4 rings (SSSR count). The lowest BCUT2D eigenvalue weighted by atomic mass is 10.0. The summed E-state index contributed by atoms with van der Waals surface area (Å²) in [4.78, 5) is 30.4. The van der Waals surface area contributed by atoms with Crippen molar-refractivity contribution in [1.82, 2.24) is 9.80 Å². The summed E-state index contributed by atoms with van der Waals surface area (Å²) in [5.41, 5.74) is 3.15. The number of carbonyl (C=O) groups is 2. The third-order valence-electron chi connectivity index (χ3n) is 5.70. The molecular formula is C25H29N3O4. The van der Waals surface area contributed by atoms with Crippen LogP contribution in [0.4, 0.5) is 5.69 Å². The minimum atomic E-state index is -0.315. The van der Waals surface area contributed by atoms with Crippen LogP contribution in [-0.4, -0.2) is 67.6 Å². The van der Waals surface area contributed by atoms with Gasteiger partial charge in [0.2, 0.25) is 0 Å². The molecule has 32 heavy (non-hydrogen) atoms. The molecule has 2 aliphatic heterocycles. The molecule has 1 fully saturated rings. The van der Waals surface area contributed by atoms with Gasteiger partial charge in [0.05, 0.1) is 31.1 Å². The maximum Gasteiger partial charge on any atom is 0.278 e. The van der Waals surface area contributed by atoms with E-state index < -0.39 is 0 Å². The van der Waals surface area contributed by atoms with Crippen molar-refractivity contribution in [3.8, 4) is 5.75 Å². The van der Waals surface area contributed by atoms with Gasteiger partial charge in [0.25, 0.3) is 11.8 Å². The van der Waals surface area contributed by atoms with Crippen LogP contribution in [0.5, 0.6) is 5.75 Å². The first-order valence-corrected chi connectivity index (χ1v) is 11.0. The van der Waals surface area contributed by atoms with Gasteiger partial charge >= 0.3 is 0 Å². The molecule has 0 spiro atoms. The predicted octanol–water partition coefficient (Wildman–Crippen LogP) is 2.92. The highest BCUT2D eigenvalue weighted by molar-refractivity contribution is 6.36. The SMILES string of the molecule is CCOc1ccccc1NC1=C(c2ccc(C)cc2)C(=O)N(CCN2CCOCC2)C1=O. The molecule has 0 unspecified atom stereocenters. The fourth-order valence-corrected chi connectivity index (χ4v) is 3.94. The van der Waals surface area contributed by atoms with Crippen LogP contribution in [-0.2, 0) is 14.3 Å². The van der Waals surface area contributed by atoms with Crippen molar-refractivity contribution in [2.45, 2.75) is 13.8 Å². The van der Waals surface area contributed by atoms with Gasteiger partial charge in [0, 0.05) is 26.2 Å². The van der Waals surface area contributed by atoms with E-state index in [1.165, 1.54) is 4.90 Å².